The summed E-state index contributed by atoms with van der Waals surface area (Å²) in [5.41, 5.74) is 2.30. The fraction of sp³-hybridized carbons (Fsp3) is 0.292. The molecule has 0 amide bonds. The molecular formula is C48H46F2O18. The van der Waals surface area contributed by atoms with E-state index in [-0.39, 0.29) is 108 Å². The van der Waals surface area contributed by atoms with Crippen molar-refractivity contribution in [3.63, 3.8) is 0 Å². The normalized spacial score (nSPS) is 11.3. The van der Waals surface area contributed by atoms with Crippen molar-refractivity contribution in [1.29, 1.82) is 0 Å². The lowest BCUT2D eigenvalue weighted by Crippen LogP contribution is -2.17. The number of carbonyl (C=O) groups excluding carboxylic acids is 6. The van der Waals surface area contributed by atoms with Gasteiger partial charge in [-0.15, -0.1) is 0 Å². The first-order valence-electron chi connectivity index (χ1n) is 20.8. The molecule has 0 atom stereocenters. The van der Waals surface area contributed by atoms with Crippen LogP contribution in [0.2, 0.25) is 0 Å². The van der Waals surface area contributed by atoms with E-state index in [1.165, 1.54) is 12.1 Å². The van der Waals surface area contributed by atoms with Gasteiger partial charge in [-0.25, -0.2) is 37.5 Å². The van der Waals surface area contributed by atoms with Gasteiger partial charge in [-0.3, -0.25) is 0 Å². The van der Waals surface area contributed by atoms with Crippen molar-refractivity contribution < 1.29 is 94.4 Å². The van der Waals surface area contributed by atoms with Crippen LogP contribution in [0.25, 0.3) is 11.1 Å². The Morgan fingerprint density at radius 2 is 0.779 bits per heavy atom. The van der Waals surface area contributed by atoms with Crippen LogP contribution in [0.5, 0.6) is 23.0 Å². The Bertz CT molecular complexity index is 2290. The van der Waals surface area contributed by atoms with Gasteiger partial charge < -0.3 is 56.8 Å². The van der Waals surface area contributed by atoms with Gasteiger partial charge >= 0.3 is 36.2 Å². The van der Waals surface area contributed by atoms with E-state index in [9.17, 15) is 28.8 Å². The van der Waals surface area contributed by atoms with Gasteiger partial charge in [-0.2, -0.15) is 0 Å². The highest BCUT2D eigenvalue weighted by Crippen LogP contribution is 2.47. The Morgan fingerprint density at radius 3 is 1.13 bits per heavy atom. The number of esters is 4. The highest BCUT2D eigenvalue weighted by atomic mass is 19.1. The maximum atomic E-state index is 15.0. The van der Waals surface area contributed by atoms with E-state index < -0.39 is 58.9 Å². The van der Waals surface area contributed by atoms with Crippen molar-refractivity contribution in [1.82, 2.24) is 0 Å². The molecule has 0 saturated carbocycles. The van der Waals surface area contributed by atoms with Crippen LogP contribution in [0.4, 0.5) is 18.4 Å². The molecule has 0 N–H and O–H groups in total. The fourth-order valence-corrected chi connectivity index (χ4v) is 6.14. The molecule has 4 aromatic carbocycles. The number of halogens is 2. The Morgan fingerprint density at radius 1 is 0.456 bits per heavy atom. The molecule has 0 spiro atoms. The van der Waals surface area contributed by atoms with Crippen molar-refractivity contribution in [3.05, 3.63) is 132 Å². The van der Waals surface area contributed by atoms with Crippen molar-refractivity contribution in [2.75, 3.05) is 79.3 Å². The zero-order valence-electron chi connectivity index (χ0n) is 36.7. The second-order valence-corrected chi connectivity index (χ2v) is 13.9. The lowest BCUT2D eigenvalue weighted by atomic mass is 9.99. The van der Waals surface area contributed by atoms with Crippen LogP contribution in [0.3, 0.4) is 0 Å². The minimum Gasteiger partial charge on any atom is -0.460 e. The topological polar surface area (TPSA) is 213 Å². The summed E-state index contributed by atoms with van der Waals surface area (Å²) in [5, 5.41) is 0. The fourth-order valence-electron chi connectivity index (χ4n) is 6.14. The Hall–Kier alpha value is -7.52. The minimum absolute atomic E-state index is 0.0217. The molecule has 0 aliphatic heterocycles. The van der Waals surface area contributed by atoms with E-state index in [0.29, 0.717) is 0 Å². The first-order chi connectivity index (χ1) is 32.9. The molecule has 18 nitrogen and oxygen atoms in total. The molecule has 5 rings (SSSR count). The third kappa shape index (κ3) is 15.8. The first-order valence-corrected chi connectivity index (χ1v) is 20.8. The molecule has 0 fully saturated rings. The molecule has 1 aliphatic carbocycles. The molecule has 0 radical (unpaired) electrons. The van der Waals surface area contributed by atoms with Crippen LogP contribution in [0, 0.1) is 11.6 Å². The third-order valence-electron chi connectivity index (χ3n) is 9.33. The smallest absolute Gasteiger partial charge is 0.460 e. The maximum absolute atomic E-state index is 15.0. The van der Waals surface area contributed by atoms with Crippen LogP contribution in [-0.2, 0) is 47.5 Å². The van der Waals surface area contributed by atoms with Crippen molar-refractivity contribution in [3.8, 4) is 34.1 Å². The van der Waals surface area contributed by atoms with Crippen LogP contribution in [0.15, 0.2) is 98.1 Å². The Kier molecular flexibility index (Phi) is 20.1. The summed E-state index contributed by atoms with van der Waals surface area (Å²) in [4.78, 5) is 72.1. The van der Waals surface area contributed by atoms with E-state index in [1.54, 1.807) is 36.4 Å². The van der Waals surface area contributed by atoms with Crippen molar-refractivity contribution in [2.45, 2.75) is 12.8 Å². The lowest BCUT2D eigenvalue weighted by molar-refractivity contribution is -0.140. The monoisotopic (exact) mass is 948 g/mol. The van der Waals surface area contributed by atoms with Gasteiger partial charge in [0.2, 0.25) is 0 Å². The van der Waals surface area contributed by atoms with Gasteiger partial charge in [0.05, 0.1) is 64.0 Å². The van der Waals surface area contributed by atoms with Gasteiger partial charge in [-0.1, -0.05) is 32.2 Å². The number of benzene rings is 4. The highest BCUT2D eigenvalue weighted by molar-refractivity contribution is 5.93. The SMILES string of the molecule is C=CC(=O)OCCOCCOCCOC(=O)Oc1ccc(C(=O)Oc2ccc3c(c2)C(C)c2cc(OC(=O)c4ccc(OC(=O)OCCOCCOCCOC(=O)C=C)cc4F)ccc2-3)c(F)c1. The van der Waals surface area contributed by atoms with E-state index in [1.807, 2.05) is 6.92 Å². The number of hydrogen-bond donors (Lipinski definition) is 0. The van der Waals surface area contributed by atoms with E-state index in [2.05, 4.69) is 13.2 Å². The summed E-state index contributed by atoms with van der Waals surface area (Å²) < 4.78 is 91.3. The molecule has 0 saturated heterocycles. The summed E-state index contributed by atoms with van der Waals surface area (Å²) in [6.07, 6.45) is -0.170. The summed E-state index contributed by atoms with van der Waals surface area (Å²) in [7, 11) is 0. The van der Waals surface area contributed by atoms with Gasteiger partial charge in [0.15, 0.2) is 0 Å². The number of hydrogen-bond acceptors (Lipinski definition) is 18. The molecule has 0 aromatic heterocycles. The summed E-state index contributed by atoms with van der Waals surface area (Å²) in [6, 6.07) is 16.1. The molecule has 360 valence electrons. The molecular weight excluding hydrogens is 903 g/mol. The van der Waals surface area contributed by atoms with E-state index >= 15 is 8.78 Å². The molecule has 4 aromatic rings. The average molecular weight is 949 g/mol. The maximum Gasteiger partial charge on any atom is 0.513 e. The molecule has 0 heterocycles. The third-order valence-corrected chi connectivity index (χ3v) is 9.33. The van der Waals surface area contributed by atoms with Gasteiger partial charge in [0.1, 0.15) is 61.1 Å². The molecule has 68 heavy (non-hydrogen) atoms. The number of ether oxygens (including phenoxy) is 12. The molecule has 0 unspecified atom stereocenters. The average Bonchev–Trinajstić information content (AvgIpc) is 3.59. The number of fused-ring (bicyclic) bond motifs is 3. The second-order valence-electron chi connectivity index (χ2n) is 13.9. The van der Waals surface area contributed by atoms with E-state index in [4.69, 9.17) is 56.8 Å². The summed E-state index contributed by atoms with van der Waals surface area (Å²) >= 11 is 0. The zero-order chi connectivity index (χ0) is 48.8. The van der Waals surface area contributed by atoms with Crippen LogP contribution in [-0.4, -0.2) is 115 Å². The van der Waals surface area contributed by atoms with Gasteiger partial charge in [0, 0.05) is 30.2 Å². The molecule has 20 heteroatoms. The second kappa shape index (κ2) is 26.6. The van der Waals surface area contributed by atoms with E-state index in [0.717, 1.165) is 58.7 Å². The quantitative estimate of drug-likeness (QED) is 0.0153. The number of rotatable bonds is 26. The summed E-state index contributed by atoms with van der Waals surface area (Å²) in [6.45, 7) is 9.40. The van der Waals surface area contributed by atoms with Crippen molar-refractivity contribution in [2.24, 2.45) is 0 Å². The van der Waals surface area contributed by atoms with Crippen LogP contribution < -0.4 is 18.9 Å². The lowest BCUT2D eigenvalue weighted by Gasteiger charge is -2.11. The molecule has 0 bridgehead atoms. The van der Waals surface area contributed by atoms with Crippen LogP contribution in [0.1, 0.15) is 44.7 Å². The van der Waals surface area contributed by atoms with Gasteiger partial charge in [0.25, 0.3) is 0 Å². The summed E-state index contributed by atoms with van der Waals surface area (Å²) in [5.74, 6) is -5.64. The number of carbonyl (C=O) groups is 6. The zero-order valence-corrected chi connectivity index (χ0v) is 36.7. The molecule has 1 aliphatic rings. The predicted molar refractivity (Wildman–Crippen MR) is 232 cm³/mol. The predicted octanol–water partition coefficient (Wildman–Crippen LogP) is 7.09. The minimum atomic E-state index is -1.13. The van der Waals surface area contributed by atoms with Crippen molar-refractivity contribution >= 4 is 36.2 Å². The first kappa shape index (κ1) is 51.5. The highest BCUT2D eigenvalue weighted by Gasteiger charge is 2.28. The largest absolute Gasteiger partial charge is 0.513 e. The standard InChI is InChI=1S/C48H46F2O18/c1-4-43(51)61-22-18-57-14-16-59-20-24-63-47(55)67-33-8-12-37(41(49)28-33)45(53)65-31-6-10-35-36-11-7-32(27-40(36)30(3)39(35)26-31)66-46(54)38-13-9-34(29-42(38)50)68-48(56)64-25-21-60-17-15-58-19-23-62-44(52)5-2/h4-13,26-30H,1-2,14-25H2,3H3. The Balaban J connectivity index is 1.03. The van der Waals surface area contributed by atoms with Crippen LogP contribution >= 0.6 is 0 Å². The Labute approximate surface area is 388 Å². The van der Waals surface area contributed by atoms with Gasteiger partial charge in [-0.05, 0) is 70.8 Å².